The molecule has 0 fully saturated rings. The van der Waals surface area contributed by atoms with E-state index < -0.39 is 0 Å². The predicted molar refractivity (Wildman–Crippen MR) is 64.8 cm³/mol. The molecule has 0 spiro atoms. The lowest BCUT2D eigenvalue weighted by Gasteiger charge is -2.16. The van der Waals surface area contributed by atoms with E-state index in [-0.39, 0.29) is 0 Å². The molecule has 0 atom stereocenters. The Balaban J connectivity index is 2.49. The minimum atomic E-state index is 0.546. The van der Waals surface area contributed by atoms with Gasteiger partial charge in [0.05, 0.1) is 0 Å². The van der Waals surface area contributed by atoms with E-state index >= 15 is 0 Å². The number of pyridine rings is 1. The van der Waals surface area contributed by atoms with E-state index in [0.717, 1.165) is 18.7 Å². The zero-order valence-corrected chi connectivity index (χ0v) is 10.1. The van der Waals surface area contributed by atoms with Crippen molar-refractivity contribution in [1.29, 1.82) is 5.26 Å². The summed E-state index contributed by atoms with van der Waals surface area (Å²) < 4.78 is 0. The van der Waals surface area contributed by atoms with E-state index in [1.807, 2.05) is 12.1 Å². The zero-order chi connectivity index (χ0) is 11.8. The van der Waals surface area contributed by atoms with Gasteiger partial charge in [-0.05, 0) is 26.1 Å². The van der Waals surface area contributed by atoms with Gasteiger partial charge in [-0.3, -0.25) is 0 Å². The molecule has 0 radical (unpaired) electrons. The van der Waals surface area contributed by atoms with Crippen molar-refractivity contribution in [3.05, 3.63) is 29.6 Å². The second-order valence-electron chi connectivity index (χ2n) is 4.07. The number of nitrogens with zero attached hydrogens (tertiary/aromatic N) is 3. The highest BCUT2D eigenvalue weighted by molar-refractivity contribution is 5.30. The van der Waals surface area contributed by atoms with Gasteiger partial charge >= 0.3 is 0 Å². The minimum Gasteiger partial charge on any atom is -0.302 e. The fraction of sp³-hybridized carbons (Fsp3) is 0.538. The van der Waals surface area contributed by atoms with E-state index in [1.54, 1.807) is 6.20 Å². The van der Waals surface area contributed by atoms with E-state index in [1.165, 1.54) is 19.3 Å². The molecule has 1 aromatic rings. The van der Waals surface area contributed by atoms with Crippen molar-refractivity contribution >= 4 is 0 Å². The zero-order valence-electron chi connectivity index (χ0n) is 10.1. The maximum Gasteiger partial charge on any atom is 0.144 e. The van der Waals surface area contributed by atoms with E-state index in [9.17, 15) is 0 Å². The van der Waals surface area contributed by atoms with Crippen LogP contribution in [0.15, 0.2) is 18.3 Å². The number of aromatic nitrogens is 1. The Morgan fingerprint density at radius 2 is 2.25 bits per heavy atom. The Morgan fingerprint density at radius 1 is 1.44 bits per heavy atom. The summed E-state index contributed by atoms with van der Waals surface area (Å²) in [5, 5.41) is 8.91. The number of hydrogen-bond donors (Lipinski definition) is 0. The van der Waals surface area contributed by atoms with Gasteiger partial charge in [0, 0.05) is 18.3 Å². The van der Waals surface area contributed by atoms with Crippen LogP contribution in [0.25, 0.3) is 0 Å². The van der Waals surface area contributed by atoms with Gasteiger partial charge < -0.3 is 4.90 Å². The van der Waals surface area contributed by atoms with Crippen molar-refractivity contribution in [3.8, 4) is 6.07 Å². The molecule has 0 aliphatic heterocycles. The molecule has 0 amide bonds. The first-order valence-electron chi connectivity index (χ1n) is 5.80. The fourth-order valence-electron chi connectivity index (χ4n) is 1.67. The molecule has 0 N–H and O–H groups in total. The number of rotatable bonds is 6. The van der Waals surface area contributed by atoms with Crippen molar-refractivity contribution < 1.29 is 0 Å². The molecule has 3 heteroatoms. The van der Waals surface area contributed by atoms with Crippen LogP contribution in [0.4, 0.5) is 0 Å². The normalized spacial score (nSPS) is 10.4. The smallest absolute Gasteiger partial charge is 0.144 e. The van der Waals surface area contributed by atoms with Crippen molar-refractivity contribution in [2.75, 3.05) is 13.6 Å². The summed E-state index contributed by atoms with van der Waals surface area (Å²) in [6.07, 6.45) is 5.39. The molecule has 0 saturated carbocycles. The van der Waals surface area contributed by atoms with Gasteiger partial charge in [-0.15, -0.1) is 0 Å². The maximum absolute atomic E-state index is 8.91. The molecule has 0 bridgehead atoms. The second kappa shape index (κ2) is 6.97. The Hall–Kier alpha value is -1.40. The van der Waals surface area contributed by atoms with E-state index in [0.29, 0.717) is 5.69 Å². The molecule has 0 saturated heterocycles. The highest BCUT2D eigenvalue weighted by Gasteiger charge is 2.05. The summed E-state index contributed by atoms with van der Waals surface area (Å²) in [6, 6.07) is 5.99. The topological polar surface area (TPSA) is 39.9 Å². The van der Waals surface area contributed by atoms with Gasteiger partial charge in [-0.1, -0.05) is 25.8 Å². The van der Waals surface area contributed by atoms with Crippen LogP contribution < -0.4 is 0 Å². The first-order valence-corrected chi connectivity index (χ1v) is 5.80. The lowest BCUT2D eigenvalue weighted by Crippen LogP contribution is -2.19. The first kappa shape index (κ1) is 12.7. The van der Waals surface area contributed by atoms with Gasteiger partial charge in [-0.25, -0.2) is 4.98 Å². The molecular formula is C13H19N3. The molecule has 1 rings (SSSR count). The molecule has 0 aliphatic carbocycles. The monoisotopic (exact) mass is 217 g/mol. The molecular weight excluding hydrogens is 198 g/mol. The Bertz CT molecular complexity index is 354. The molecule has 86 valence electrons. The number of unbranched alkanes of at least 4 members (excludes halogenated alkanes) is 2. The fourth-order valence-corrected chi connectivity index (χ4v) is 1.67. The van der Waals surface area contributed by atoms with Crippen LogP contribution in [-0.2, 0) is 6.54 Å². The quantitative estimate of drug-likeness (QED) is 0.687. The lowest BCUT2D eigenvalue weighted by atomic mass is 10.2. The molecule has 1 aromatic heterocycles. The van der Waals surface area contributed by atoms with Gasteiger partial charge in [0.2, 0.25) is 0 Å². The van der Waals surface area contributed by atoms with Gasteiger partial charge in [-0.2, -0.15) is 5.26 Å². The highest BCUT2D eigenvalue weighted by atomic mass is 15.1. The summed E-state index contributed by atoms with van der Waals surface area (Å²) in [6.45, 7) is 4.09. The van der Waals surface area contributed by atoms with Crippen LogP contribution in [0.5, 0.6) is 0 Å². The van der Waals surface area contributed by atoms with Crippen molar-refractivity contribution in [2.45, 2.75) is 32.7 Å². The van der Waals surface area contributed by atoms with Crippen molar-refractivity contribution in [1.82, 2.24) is 9.88 Å². The second-order valence-corrected chi connectivity index (χ2v) is 4.07. The summed E-state index contributed by atoms with van der Waals surface area (Å²) in [7, 11) is 2.09. The van der Waals surface area contributed by atoms with Crippen LogP contribution >= 0.6 is 0 Å². The van der Waals surface area contributed by atoms with Crippen molar-refractivity contribution in [2.24, 2.45) is 0 Å². The lowest BCUT2D eigenvalue weighted by molar-refractivity contribution is 0.317. The van der Waals surface area contributed by atoms with Crippen LogP contribution in [0, 0.1) is 11.3 Å². The number of nitriles is 1. The van der Waals surface area contributed by atoms with Crippen LogP contribution in [0.1, 0.15) is 37.4 Å². The van der Waals surface area contributed by atoms with E-state index in [4.69, 9.17) is 5.26 Å². The minimum absolute atomic E-state index is 0.546. The third kappa shape index (κ3) is 4.00. The first-order chi connectivity index (χ1) is 7.77. The standard InChI is InChI=1S/C13H19N3/c1-3-4-5-9-16(2)11-12-7-6-8-15-13(12)10-14/h6-8H,3-5,9,11H2,1-2H3. The molecule has 0 unspecified atom stereocenters. The average Bonchev–Trinajstić information content (AvgIpc) is 2.30. The predicted octanol–water partition coefficient (Wildman–Crippen LogP) is 2.58. The summed E-state index contributed by atoms with van der Waals surface area (Å²) >= 11 is 0. The molecule has 3 nitrogen and oxygen atoms in total. The molecule has 0 aromatic carbocycles. The third-order valence-electron chi connectivity index (χ3n) is 2.58. The van der Waals surface area contributed by atoms with Crippen LogP contribution in [0.2, 0.25) is 0 Å². The van der Waals surface area contributed by atoms with Crippen LogP contribution in [0.3, 0.4) is 0 Å². The summed E-state index contributed by atoms with van der Waals surface area (Å²) in [4.78, 5) is 6.30. The van der Waals surface area contributed by atoms with Crippen molar-refractivity contribution in [3.63, 3.8) is 0 Å². The number of hydrogen-bond acceptors (Lipinski definition) is 3. The summed E-state index contributed by atoms with van der Waals surface area (Å²) in [5.41, 5.74) is 1.56. The van der Waals surface area contributed by atoms with Gasteiger partial charge in [0.15, 0.2) is 0 Å². The van der Waals surface area contributed by atoms with Crippen LogP contribution in [-0.4, -0.2) is 23.5 Å². The average molecular weight is 217 g/mol. The SMILES string of the molecule is CCCCCN(C)Cc1cccnc1C#N. The molecule has 0 aliphatic rings. The Kier molecular flexibility index (Phi) is 5.52. The third-order valence-corrected chi connectivity index (χ3v) is 2.58. The highest BCUT2D eigenvalue weighted by Crippen LogP contribution is 2.07. The maximum atomic E-state index is 8.91. The largest absolute Gasteiger partial charge is 0.302 e. The summed E-state index contributed by atoms with van der Waals surface area (Å²) in [5.74, 6) is 0. The van der Waals surface area contributed by atoms with Gasteiger partial charge in [0.25, 0.3) is 0 Å². The Labute approximate surface area is 97.7 Å². The Morgan fingerprint density at radius 3 is 2.94 bits per heavy atom. The molecule has 1 heterocycles. The van der Waals surface area contributed by atoms with Gasteiger partial charge in [0.1, 0.15) is 11.8 Å². The molecule has 16 heavy (non-hydrogen) atoms. The van der Waals surface area contributed by atoms with E-state index in [2.05, 4.69) is 29.9 Å².